The Morgan fingerprint density at radius 2 is 1.33 bits per heavy atom. The molecule has 30 heavy (non-hydrogen) atoms. The predicted octanol–water partition coefficient (Wildman–Crippen LogP) is 4.72. The van der Waals surface area contributed by atoms with Gasteiger partial charge >= 0.3 is 0 Å². The van der Waals surface area contributed by atoms with Crippen molar-refractivity contribution in [3.8, 4) is 0 Å². The molecule has 0 unspecified atom stereocenters. The number of carbonyl (C=O) groups excluding carboxylic acids is 1. The molecule has 3 aromatic carbocycles. The van der Waals surface area contributed by atoms with E-state index < -0.39 is 13.7 Å². The molecule has 1 saturated carbocycles. The van der Waals surface area contributed by atoms with Crippen LogP contribution in [0.15, 0.2) is 91.0 Å². The summed E-state index contributed by atoms with van der Waals surface area (Å²) in [5.74, 6) is 0.221. The highest BCUT2D eigenvalue weighted by molar-refractivity contribution is 6.99. The number of hydrogen-bond donors (Lipinski definition) is 0. The van der Waals surface area contributed by atoms with Crippen LogP contribution >= 0.6 is 0 Å². The van der Waals surface area contributed by atoms with Crippen LogP contribution in [0.25, 0.3) is 0 Å². The summed E-state index contributed by atoms with van der Waals surface area (Å²) >= 11 is 0. The monoisotopic (exact) mass is 414 g/mol. The molecule has 0 radical (unpaired) electrons. The Bertz CT molecular complexity index is 940. The zero-order valence-electron chi connectivity index (χ0n) is 18.0. The molecular formula is C27H30O2Si. The van der Waals surface area contributed by atoms with Gasteiger partial charge in [0.05, 0.1) is 5.41 Å². The van der Waals surface area contributed by atoms with Crippen molar-refractivity contribution in [3.05, 3.63) is 96.6 Å². The lowest BCUT2D eigenvalue weighted by Crippen LogP contribution is -2.66. The number of hydrogen-bond acceptors (Lipinski definition) is 2. The second-order valence-corrected chi connectivity index (χ2v) is 13.7. The van der Waals surface area contributed by atoms with Gasteiger partial charge in [-0.2, -0.15) is 0 Å². The number of rotatable bonds is 7. The Hall–Kier alpha value is -2.49. The van der Waals surface area contributed by atoms with E-state index in [2.05, 4.69) is 93.6 Å². The van der Waals surface area contributed by atoms with Crippen molar-refractivity contribution >= 4 is 25.0 Å². The number of benzene rings is 3. The molecule has 0 saturated heterocycles. The minimum atomic E-state index is -2.56. The molecule has 0 aromatic heterocycles. The van der Waals surface area contributed by atoms with E-state index in [1.165, 1.54) is 10.4 Å². The van der Waals surface area contributed by atoms with Crippen molar-refractivity contribution in [3.63, 3.8) is 0 Å². The maximum Gasteiger partial charge on any atom is 0.261 e. The Labute approximate surface area is 181 Å². The molecular weight excluding hydrogens is 384 g/mol. The molecule has 4 rings (SSSR count). The maximum absolute atomic E-state index is 12.1. The molecule has 2 nitrogen and oxygen atoms in total. The fourth-order valence-electron chi connectivity index (χ4n) is 4.86. The fourth-order valence-corrected chi connectivity index (χ4v) is 9.46. The second kappa shape index (κ2) is 7.97. The predicted molar refractivity (Wildman–Crippen MR) is 126 cm³/mol. The average molecular weight is 415 g/mol. The maximum atomic E-state index is 12.1. The quantitative estimate of drug-likeness (QED) is 0.413. The van der Waals surface area contributed by atoms with Crippen LogP contribution in [0.5, 0.6) is 0 Å². The van der Waals surface area contributed by atoms with E-state index in [1.54, 1.807) is 0 Å². The van der Waals surface area contributed by atoms with Gasteiger partial charge in [0.2, 0.25) is 0 Å². The van der Waals surface area contributed by atoms with Gasteiger partial charge in [-0.1, -0.05) is 112 Å². The van der Waals surface area contributed by atoms with Crippen LogP contribution in [0.2, 0.25) is 5.04 Å². The molecule has 0 heterocycles. The zero-order chi connectivity index (χ0) is 21.2. The van der Waals surface area contributed by atoms with E-state index in [1.807, 2.05) is 18.2 Å². The van der Waals surface area contributed by atoms with Crippen molar-refractivity contribution in [2.75, 3.05) is 6.61 Å². The van der Waals surface area contributed by atoms with Crippen LogP contribution < -0.4 is 10.4 Å². The molecule has 3 aromatic rings. The van der Waals surface area contributed by atoms with Crippen LogP contribution in [0, 0.1) is 5.92 Å². The van der Waals surface area contributed by atoms with Crippen molar-refractivity contribution in [2.45, 2.75) is 37.6 Å². The Morgan fingerprint density at radius 3 is 1.77 bits per heavy atom. The summed E-state index contributed by atoms with van der Waals surface area (Å²) in [6, 6.07) is 31.5. The number of aldehydes is 1. The first kappa shape index (κ1) is 20.8. The molecule has 1 aliphatic rings. The second-order valence-electron chi connectivity index (χ2n) is 9.40. The van der Waals surface area contributed by atoms with Crippen molar-refractivity contribution in [2.24, 2.45) is 5.92 Å². The summed E-state index contributed by atoms with van der Waals surface area (Å²) in [4.78, 5) is 12.1. The van der Waals surface area contributed by atoms with Crippen LogP contribution in [0.4, 0.5) is 0 Å². The highest BCUT2D eigenvalue weighted by Gasteiger charge is 2.58. The molecule has 3 heteroatoms. The first-order valence-corrected chi connectivity index (χ1v) is 12.6. The van der Waals surface area contributed by atoms with Gasteiger partial charge in [0, 0.05) is 6.61 Å². The lowest BCUT2D eigenvalue weighted by molar-refractivity contribution is -0.110. The first-order chi connectivity index (χ1) is 14.4. The van der Waals surface area contributed by atoms with Gasteiger partial charge < -0.3 is 9.22 Å². The zero-order valence-corrected chi connectivity index (χ0v) is 19.0. The van der Waals surface area contributed by atoms with E-state index in [-0.39, 0.29) is 11.0 Å². The van der Waals surface area contributed by atoms with E-state index in [4.69, 9.17) is 4.43 Å². The minimum Gasteiger partial charge on any atom is -0.407 e. The smallest absolute Gasteiger partial charge is 0.261 e. The summed E-state index contributed by atoms with van der Waals surface area (Å²) in [6.07, 6.45) is 2.00. The fraction of sp³-hybridized carbons (Fsp3) is 0.296. The highest BCUT2D eigenvalue weighted by atomic mass is 28.4. The van der Waals surface area contributed by atoms with Crippen LogP contribution in [-0.4, -0.2) is 21.2 Å². The van der Waals surface area contributed by atoms with Gasteiger partial charge in [-0.3, -0.25) is 0 Å². The van der Waals surface area contributed by atoms with E-state index in [0.717, 1.165) is 18.3 Å². The topological polar surface area (TPSA) is 26.3 Å². The van der Waals surface area contributed by atoms with Gasteiger partial charge in [0.1, 0.15) is 6.29 Å². The average Bonchev–Trinajstić information content (AvgIpc) is 3.50. The van der Waals surface area contributed by atoms with E-state index in [0.29, 0.717) is 6.61 Å². The van der Waals surface area contributed by atoms with Gasteiger partial charge in [0.25, 0.3) is 8.32 Å². The molecule has 0 spiro atoms. The summed E-state index contributed by atoms with van der Waals surface area (Å²) in [5.41, 5.74) is 0.711. The molecule has 0 amide bonds. The Morgan fingerprint density at radius 1 is 0.867 bits per heavy atom. The first-order valence-electron chi connectivity index (χ1n) is 10.7. The van der Waals surface area contributed by atoms with Crippen molar-refractivity contribution in [1.29, 1.82) is 0 Å². The van der Waals surface area contributed by atoms with Gasteiger partial charge in [-0.25, -0.2) is 0 Å². The third-order valence-electron chi connectivity index (χ3n) is 6.59. The third kappa shape index (κ3) is 3.46. The lowest BCUT2D eigenvalue weighted by Gasteiger charge is -2.43. The summed E-state index contributed by atoms with van der Waals surface area (Å²) in [7, 11) is -2.56. The molecule has 1 aliphatic carbocycles. The van der Waals surface area contributed by atoms with Gasteiger partial charge in [0.15, 0.2) is 0 Å². The Kier molecular flexibility index (Phi) is 5.52. The normalized spacial score (nSPS) is 21.2. The van der Waals surface area contributed by atoms with Crippen molar-refractivity contribution in [1.82, 2.24) is 0 Å². The van der Waals surface area contributed by atoms with E-state index in [9.17, 15) is 4.79 Å². The van der Waals surface area contributed by atoms with E-state index >= 15 is 0 Å². The molecule has 2 atom stereocenters. The van der Waals surface area contributed by atoms with Gasteiger partial charge in [-0.15, -0.1) is 0 Å². The molecule has 0 aliphatic heterocycles. The molecule has 1 fully saturated rings. The lowest BCUT2D eigenvalue weighted by atomic mass is 9.95. The van der Waals surface area contributed by atoms with Crippen molar-refractivity contribution < 1.29 is 9.22 Å². The summed E-state index contributed by atoms with van der Waals surface area (Å²) < 4.78 is 7.05. The minimum absolute atomic E-state index is 0.0544. The van der Waals surface area contributed by atoms with Crippen LogP contribution in [0.1, 0.15) is 32.8 Å². The Balaban J connectivity index is 1.71. The van der Waals surface area contributed by atoms with Gasteiger partial charge in [-0.05, 0) is 33.3 Å². The molecule has 154 valence electrons. The van der Waals surface area contributed by atoms with Crippen LogP contribution in [0.3, 0.4) is 0 Å². The molecule has 0 N–H and O–H groups in total. The standard InChI is InChI=1S/C27H30O2Si/c1-26(2,3)30(24-15-9-5-10-16-24,25-17-11-6-12-18-25)29-20-23-19-27(23,21-28)22-13-7-4-8-14-22/h4-18,21,23H,19-20H2,1-3H3/t23-,27+/m1/s1. The third-order valence-corrected chi connectivity index (χ3v) is 11.6. The molecule has 0 bridgehead atoms. The number of carbonyl (C=O) groups is 1. The summed E-state index contributed by atoms with van der Waals surface area (Å²) in [5, 5.41) is 2.50. The van der Waals surface area contributed by atoms with Crippen LogP contribution in [-0.2, 0) is 14.6 Å². The highest BCUT2D eigenvalue weighted by Crippen LogP contribution is 2.53. The largest absolute Gasteiger partial charge is 0.407 e. The SMILES string of the molecule is CC(C)(C)[Si](OC[C@H]1C[C@]1(C=O)c1ccccc1)(c1ccccc1)c1ccccc1. The summed E-state index contributed by atoms with van der Waals surface area (Å²) in [6.45, 7) is 7.46.